The first kappa shape index (κ1) is 16.8. The van der Waals surface area contributed by atoms with Crippen LogP contribution in [-0.4, -0.2) is 40.2 Å². The van der Waals surface area contributed by atoms with Gasteiger partial charge in [0.05, 0.1) is 20.3 Å². The summed E-state index contributed by atoms with van der Waals surface area (Å²) in [4.78, 5) is 0.100. The molecule has 0 amide bonds. The number of hydrogen-bond acceptors (Lipinski definition) is 5. The molecule has 3 rings (SSSR count). The molecule has 0 aromatic heterocycles. The van der Waals surface area contributed by atoms with Gasteiger partial charge in [0, 0.05) is 12.6 Å². The van der Waals surface area contributed by atoms with E-state index in [0.717, 1.165) is 5.56 Å². The first-order valence-electron chi connectivity index (χ1n) is 7.45. The van der Waals surface area contributed by atoms with Gasteiger partial charge >= 0.3 is 0 Å². The summed E-state index contributed by atoms with van der Waals surface area (Å²) in [5.41, 5.74) is 0.955. The highest BCUT2D eigenvalue weighted by Gasteiger charge is 2.35. The first-order chi connectivity index (χ1) is 11.6. The molecule has 0 spiro atoms. The minimum Gasteiger partial charge on any atom is -0.497 e. The third-order valence-corrected chi connectivity index (χ3v) is 5.78. The fourth-order valence-electron chi connectivity index (χ4n) is 2.63. The summed E-state index contributed by atoms with van der Waals surface area (Å²) in [6, 6.07) is 14.2. The standard InChI is InChI=1S/C17H19NO5S/c1-21-14-8-9-17(15(10-14)22-2)24(19,20)18-11-16(23-12-18)13-6-4-3-5-7-13/h3-10,16H,11-12H2,1-2H3. The molecule has 1 fully saturated rings. The van der Waals surface area contributed by atoms with Crippen LogP contribution in [0, 0.1) is 0 Å². The molecule has 1 atom stereocenters. The van der Waals surface area contributed by atoms with Gasteiger partial charge in [0.2, 0.25) is 10.0 Å². The molecule has 6 nitrogen and oxygen atoms in total. The fourth-order valence-corrected chi connectivity index (χ4v) is 4.07. The summed E-state index contributed by atoms with van der Waals surface area (Å²) in [7, 11) is -0.772. The van der Waals surface area contributed by atoms with Crippen LogP contribution in [0.4, 0.5) is 0 Å². The van der Waals surface area contributed by atoms with E-state index in [1.54, 1.807) is 12.1 Å². The van der Waals surface area contributed by atoms with Gasteiger partial charge in [-0.2, -0.15) is 4.31 Å². The van der Waals surface area contributed by atoms with E-state index in [9.17, 15) is 8.42 Å². The van der Waals surface area contributed by atoms with Gasteiger partial charge in [0.25, 0.3) is 0 Å². The lowest BCUT2D eigenvalue weighted by Crippen LogP contribution is -2.29. The molecule has 128 valence electrons. The Kier molecular flexibility index (Phi) is 4.75. The quantitative estimate of drug-likeness (QED) is 0.829. The smallest absolute Gasteiger partial charge is 0.248 e. The molecule has 1 heterocycles. The Balaban J connectivity index is 1.87. The fraction of sp³-hybridized carbons (Fsp3) is 0.294. The van der Waals surface area contributed by atoms with Crippen LogP contribution < -0.4 is 9.47 Å². The molecule has 0 bridgehead atoms. The highest BCUT2D eigenvalue weighted by Crippen LogP contribution is 2.34. The van der Waals surface area contributed by atoms with Crippen LogP contribution >= 0.6 is 0 Å². The van der Waals surface area contributed by atoms with E-state index in [0.29, 0.717) is 5.75 Å². The molecule has 2 aromatic rings. The predicted molar refractivity (Wildman–Crippen MR) is 88.6 cm³/mol. The molecule has 0 N–H and O–H groups in total. The van der Waals surface area contributed by atoms with Crippen LogP contribution in [-0.2, 0) is 14.8 Å². The Morgan fingerprint density at radius 2 is 1.83 bits per heavy atom. The van der Waals surface area contributed by atoms with Crippen molar-refractivity contribution in [3.8, 4) is 11.5 Å². The summed E-state index contributed by atoms with van der Waals surface area (Å²) in [6.07, 6.45) is -0.273. The molecule has 7 heteroatoms. The largest absolute Gasteiger partial charge is 0.497 e. The van der Waals surface area contributed by atoms with Gasteiger partial charge in [-0.05, 0) is 17.7 Å². The number of nitrogens with zero attached hydrogens (tertiary/aromatic N) is 1. The predicted octanol–water partition coefficient (Wildman–Crippen LogP) is 2.42. The third kappa shape index (κ3) is 3.10. The molecule has 1 unspecified atom stereocenters. The molecular weight excluding hydrogens is 330 g/mol. The van der Waals surface area contributed by atoms with Crippen LogP contribution in [0.2, 0.25) is 0 Å². The Bertz CT molecular complexity index is 807. The molecule has 24 heavy (non-hydrogen) atoms. The van der Waals surface area contributed by atoms with Crippen LogP contribution in [0.3, 0.4) is 0 Å². The van der Waals surface area contributed by atoms with Crippen molar-refractivity contribution in [3.05, 3.63) is 54.1 Å². The monoisotopic (exact) mass is 349 g/mol. The van der Waals surface area contributed by atoms with Gasteiger partial charge in [-0.1, -0.05) is 30.3 Å². The number of rotatable bonds is 5. The van der Waals surface area contributed by atoms with Gasteiger partial charge in [-0.3, -0.25) is 0 Å². The van der Waals surface area contributed by atoms with Gasteiger partial charge < -0.3 is 14.2 Å². The van der Waals surface area contributed by atoms with E-state index in [1.807, 2.05) is 30.3 Å². The maximum atomic E-state index is 12.9. The van der Waals surface area contributed by atoms with Gasteiger partial charge in [0.15, 0.2) is 0 Å². The maximum absolute atomic E-state index is 12.9. The van der Waals surface area contributed by atoms with Gasteiger partial charge in [-0.15, -0.1) is 0 Å². The third-order valence-electron chi connectivity index (χ3n) is 3.95. The van der Waals surface area contributed by atoms with Crippen molar-refractivity contribution in [2.45, 2.75) is 11.0 Å². The topological polar surface area (TPSA) is 65.1 Å². The normalized spacial score (nSPS) is 18.5. The van der Waals surface area contributed by atoms with Gasteiger partial charge in [-0.25, -0.2) is 8.42 Å². The average Bonchev–Trinajstić information content (AvgIpc) is 3.13. The van der Waals surface area contributed by atoms with E-state index >= 15 is 0 Å². The molecule has 0 radical (unpaired) electrons. The van der Waals surface area contributed by atoms with E-state index < -0.39 is 10.0 Å². The van der Waals surface area contributed by atoms with Crippen LogP contribution in [0.15, 0.2) is 53.4 Å². The lowest BCUT2D eigenvalue weighted by molar-refractivity contribution is 0.104. The zero-order valence-corrected chi connectivity index (χ0v) is 14.3. The van der Waals surface area contributed by atoms with Gasteiger partial charge in [0.1, 0.15) is 23.1 Å². The number of ether oxygens (including phenoxy) is 3. The van der Waals surface area contributed by atoms with E-state index in [1.165, 1.54) is 24.6 Å². The minimum absolute atomic E-state index is 0.0110. The van der Waals surface area contributed by atoms with Crippen LogP contribution in [0.1, 0.15) is 11.7 Å². The van der Waals surface area contributed by atoms with Crippen molar-refractivity contribution >= 4 is 10.0 Å². The first-order valence-corrected chi connectivity index (χ1v) is 8.89. The molecule has 1 saturated heterocycles. The van der Waals surface area contributed by atoms with Crippen LogP contribution in [0.5, 0.6) is 11.5 Å². The average molecular weight is 349 g/mol. The van der Waals surface area contributed by atoms with Crippen molar-refractivity contribution < 1.29 is 22.6 Å². The molecule has 1 aliphatic rings. The molecule has 0 saturated carbocycles. The van der Waals surface area contributed by atoms with Crippen molar-refractivity contribution in [3.63, 3.8) is 0 Å². The second kappa shape index (κ2) is 6.80. The van der Waals surface area contributed by atoms with Crippen LogP contribution in [0.25, 0.3) is 0 Å². The summed E-state index contributed by atoms with van der Waals surface area (Å²) in [5, 5.41) is 0. The summed E-state index contributed by atoms with van der Waals surface area (Å²) >= 11 is 0. The lowest BCUT2D eigenvalue weighted by atomic mass is 10.1. The maximum Gasteiger partial charge on any atom is 0.248 e. The van der Waals surface area contributed by atoms with Crippen molar-refractivity contribution in [1.29, 1.82) is 0 Å². The van der Waals surface area contributed by atoms with E-state index in [4.69, 9.17) is 14.2 Å². The molecule has 1 aliphatic heterocycles. The van der Waals surface area contributed by atoms with E-state index in [2.05, 4.69) is 0 Å². The molecule has 2 aromatic carbocycles. The Morgan fingerprint density at radius 1 is 1.08 bits per heavy atom. The summed E-state index contributed by atoms with van der Waals surface area (Å²) in [5.74, 6) is 0.781. The lowest BCUT2D eigenvalue weighted by Gasteiger charge is -2.17. The Labute approximate surface area is 141 Å². The Morgan fingerprint density at radius 3 is 2.50 bits per heavy atom. The summed E-state index contributed by atoms with van der Waals surface area (Å²) < 4.78 is 43.1. The zero-order valence-electron chi connectivity index (χ0n) is 13.5. The highest BCUT2D eigenvalue weighted by atomic mass is 32.2. The molecule has 0 aliphatic carbocycles. The summed E-state index contributed by atoms with van der Waals surface area (Å²) in [6.45, 7) is 0.276. The molecular formula is C17H19NO5S. The zero-order chi connectivity index (χ0) is 17.2. The highest BCUT2D eigenvalue weighted by molar-refractivity contribution is 7.89. The second-order valence-corrected chi connectivity index (χ2v) is 7.26. The minimum atomic E-state index is -3.72. The number of methoxy groups -OCH3 is 2. The number of hydrogen-bond donors (Lipinski definition) is 0. The number of benzene rings is 2. The van der Waals surface area contributed by atoms with Crippen molar-refractivity contribution in [1.82, 2.24) is 4.31 Å². The van der Waals surface area contributed by atoms with E-state index in [-0.39, 0.29) is 30.0 Å². The van der Waals surface area contributed by atoms with Crippen molar-refractivity contribution in [2.75, 3.05) is 27.5 Å². The number of sulfonamides is 1. The Hall–Kier alpha value is -2.09. The second-order valence-electron chi connectivity index (χ2n) is 5.35. The SMILES string of the molecule is COc1ccc(S(=O)(=O)N2COC(c3ccccc3)C2)c(OC)c1. The van der Waals surface area contributed by atoms with Crippen molar-refractivity contribution in [2.24, 2.45) is 0 Å².